The number of hydrogen-bond acceptors (Lipinski definition) is 4. The van der Waals surface area contributed by atoms with Crippen LogP contribution in [0.3, 0.4) is 0 Å². The van der Waals surface area contributed by atoms with Gasteiger partial charge in [-0.2, -0.15) is 0 Å². The number of aromatic carboxylic acids is 1. The molecular weight excluding hydrogens is 294 g/mol. The molecule has 1 saturated heterocycles. The Bertz CT molecular complexity index is 749. The second-order valence-electron chi connectivity index (χ2n) is 5.66. The zero-order valence-electron chi connectivity index (χ0n) is 12.8. The van der Waals surface area contributed by atoms with Crippen LogP contribution in [0, 0.1) is 0 Å². The summed E-state index contributed by atoms with van der Waals surface area (Å²) in [6.07, 6.45) is 4.02. The van der Waals surface area contributed by atoms with Gasteiger partial charge in [0.15, 0.2) is 0 Å². The van der Waals surface area contributed by atoms with E-state index >= 15 is 0 Å². The van der Waals surface area contributed by atoms with E-state index in [1.807, 2.05) is 18.2 Å². The largest absolute Gasteiger partial charge is 0.477 e. The van der Waals surface area contributed by atoms with Crippen LogP contribution < -0.4 is 5.56 Å². The summed E-state index contributed by atoms with van der Waals surface area (Å²) < 4.78 is 1.53. The van der Waals surface area contributed by atoms with Gasteiger partial charge in [0.25, 0.3) is 5.56 Å². The van der Waals surface area contributed by atoms with E-state index in [1.54, 1.807) is 12.3 Å². The van der Waals surface area contributed by atoms with Gasteiger partial charge in [-0.25, -0.2) is 4.79 Å². The molecule has 23 heavy (non-hydrogen) atoms. The van der Waals surface area contributed by atoms with Crippen LogP contribution in [0.4, 0.5) is 0 Å². The van der Waals surface area contributed by atoms with Crippen LogP contribution in [-0.4, -0.2) is 45.2 Å². The average Bonchev–Trinajstić information content (AvgIpc) is 3.07. The highest BCUT2D eigenvalue weighted by Gasteiger charge is 2.17. The van der Waals surface area contributed by atoms with E-state index in [9.17, 15) is 14.7 Å². The Morgan fingerprint density at radius 1 is 1.13 bits per heavy atom. The molecule has 3 rings (SSSR count). The monoisotopic (exact) mass is 313 g/mol. The molecule has 1 aliphatic heterocycles. The molecule has 0 bridgehead atoms. The van der Waals surface area contributed by atoms with Gasteiger partial charge >= 0.3 is 5.97 Å². The van der Waals surface area contributed by atoms with E-state index in [0.29, 0.717) is 17.9 Å². The molecule has 0 atom stereocenters. The standard InChI is InChI=1S/C17H19N3O3/c21-16-13(17(22)23)6-7-15(14-5-1-2-8-18-14)20(16)12-11-19-9-3-4-10-19/h1-2,5-8H,3-4,9-12H2,(H,22,23). The first kappa shape index (κ1) is 15.4. The van der Waals surface area contributed by atoms with E-state index < -0.39 is 11.5 Å². The first-order valence-electron chi connectivity index (χ1n) is 7.78. The third kappa shape index (κ3) is 3.32. The fraction of sp³-hybridized carbons (Fsp3) is 0.353. The number of aromatic nitrogens is 2. The van der Waals surface area contributed by atoms with Crippen LogP contribution in [0.5, 0.6) is 0 Å². The first-order valence-corrected chi connectivity index (χ1v) is 7.78. The Labute approximate surface area is 134 Å². The van der Waals surface area contributed by atoms with E-state index in [2.05, 4.69) is 9.88 Å². The molecule has 0 unspecified atom stereocenters. The molecule has 0 amide bonds. The maximum absolute atomic E-state index is 12.5. The van der Waals surface area contributed by atoms with Crippen molar-refractivity contribution in [1.82, 2.24) is 14.5 Å². The van der Waals surface area contributed by atoms with E-state index in [4.69, 9.17) is 0 Å². The van der Waals surface area contributed by atoms with Crippen LogP contribution in [0.1, 0.15) is 23.2 Å². The average molecular weight is 313 g/mol. The first-order chi connectivity index (χ1) is 11.2. The normalized spacial score (nSPS) is 15.0. The van der Waals surface area contributed by atoms with Crippen molar-refractivity contribution in [3.63, 3.8) is 0 Å². The summed E-state index contributed by atoms with van der Waals surface area (Å²) in [5.74, 6) is -1.20. The van der Waals surface area contributed by atoms with Crippen LogP contribution >= 0.6 is 0 Å². The zero-order valence-corrected chi connectivity index (χ0v) is 12.8. The summed E-state index contributed by atoms with van der Waals surface area (Å²) in [6, 6.07) is 8.50. The minimum Gasteiger partial charge on any atom is -0.477 e. The van der Waals surface area contributed by atoms with Crippen molar-refractivity contribution in [1.29, 1.82) is 0 Å². The van der Waals surface area contributed by atoms with Crippen LogP contribution in [0.2, 0.25) is 0 Å². The number of likely N-dealkylation sites (tertiary alicyclic amines) is 1. The van der Waals surface area contributed by atoms with Gasteiger partial charge in [-0.3, -0.25) is 9.78 Å². The molecule has 1 fully saturated rings. The van der Waals surface area contributed by atoms with Gasteiger partial charge in [-0.1, -0.05) is 6.07 Å². The maximum Gasteiger partial charge on any atom is 0.341 e. The number of carbonyl (C=O) groups is 1. The summed E-state index contributed by atoms with van der Waals surface area (Å²) in [5, 5.41) is 9.19. The highest BCUT2D eigenvalue weighted by molar-refractivity contribution is 5.87. The number of pyridine rings is 2. The molecule has 120 valence electrons. The lowest BCUT2D eigenvalue weighted by molar-refractivity contribution is 0.0694. The molecule has 0 aliphatic carbocycles. The molecule has 1 aliphatic rings. The van der Waals surface area contributed by atoms with Crippen molar-refractivity contribution in [2.45, 2.75) is 19.4 Å². The summed E-state index contributed by atoms with van der Waals surface area (Å²) in [6.45, 7) is 3.27. The Balaban J connectivity index is 1.99. The summed E-state index contributed by atoms with van der Waals surface area (Å²) in [5.41, 5.74) is 0.647. The highest BCUT2D eigenvalue weighted by atomic mass is 16.4. The molecule has 3 heterocycles. The molecule has 0 spiro atoms. The van der Waals surface area contributed by atoms with Crippen molar-refractivity contribution in [2.75, 3.05) is 19.6 Å². The second-order valence-corrected chi connectivity index (χ2v) is 5.66. The minimum atomic E-state index is -1.20. The summed E-state index contributed by atoms with van der Waals surface area (Å²) in [4.78, 5) is 30.4. The number of carboxylic acid groups (broad SMARTS) is 1. The predicted molar refractivity (Wildman–Crippen MR) is 86.6 cm³/mol. The van der Waals surface area contributed by atoms with Gasteiger partial charge in [0, 0.05) is 19.3 Å². The molecule has 2 aromatic heterocycles. The van der Waals surface area contributed by atoms with Crippen molar-refractivity contribution in [2.24, 2.45) is 0 Å². The van der Waals surface area contributed by atoms with Crippen molar-refractivity contribution in [3.8, 4) is 11.4 Å². The topological polar surface area (TPSA) is 75.4 Å². The molecule has 0 saturated carbocycles. The van der Waals surface area contributed by atoms with Crippen LogP contribution in [0.25, 0.3) is 11.4 Å². The fourth-order valence-electron chi connectivity index (χ4n) is 2.95. The number of hydrogen-bond donors (Lipinski definition) is 1. The number of carboxylic acids is 1. The predicted octanol–water partition coefficient (Wildman–Crippen LogP) is 1.70. The maximum atomic E-state index is 12.5. The van der Waals surface area contributed by atoms with Gasteiger partial charge in [0.2, 0.25) is 0 Å². The second kappa shape index (κ2) is 6.75. The minimum absolute atomic E-state index is 0.203. The smallest absolute Gasteiger partial charge is 0.341 e. The molecule has 0 radical (unpaired) electrons. The Morgan fingerprint density at radius 3 is 2.57 bits per heavy atom. The SMILES string of the molecule is O=C(O)c1ccc(-c2ccccn2)n(CCN2CCCC2)c1=O. The van der Waals surface area contributed by atoms with Crippen molar-refractivity contribution < 1.29 is 9.90 Å². The summed E-state index contributed by atoms with van der Waals surface area (Å²) in [7, 11) is 0. The zero-order chi connectivity index (χ0) is 16.2. The molecular formula is C17H19N3O3. The number of nitrogens with zero attached hydrogens (tertiary/aromatic N) is 3. The van der Waals surface area contributed by atoms with Gasteiger partial charge in [-0.05, 0) is 50.2 Å². The Kier molecular flexibility index (Phi) is 4.52. The molecule has 6 heteroatoms. The molecule has 0 aromatic carbocycles. The van der Waals surface area contributed by atoms with Crippen molar-refractivity contribution in [3.05, 3.63) is 52.4 Å². The van der Waals surface area contributed by atoms with E-state index in [0.717, 1.165) is 19.6 Å². The van der Waals surface area contributed by atoms with E-state index in [-0.39, 0.29) is 5.56 Å². The van der Waals surface area contributed by atoms with Gasteiger partial charge in [-0.15, -0.1) is 0 Å². The summed E-state index contributed by atoms with van der Waals surface area (Å²) >= 11 is 0. The Hall–Kier alpha value is -2.47. The third-order valence-electron chi connectivity index (χ3n) is 4.17. The highest BCUT2D eigenvalue weighted by Crippen LogP contribution is 2.16. The fourth-order valence-corrected chi connectivity index (χ4v) is 2.95. The van der Waals surface area contributed by atoms with Crippen LogP contribution in [0.15, 0.2) is 41.3 Å². The lowest BCUT2D eigenvalue weighted by atomic mass is 10.2. The molecule has 6 nitrogen and oxygen atoms in total. The quantitative estimate of drug-likeness (QED) is 0.909. The van der Waals surface area contributed by atoms with Gasteiger partial charge < -0.3 is 14.6 Å². The van der Waals surface area contributed by atoms with Crippen molar-refractivity contribution >= 4 is 5.97 Å². The Morgan fingerprint density at radius 2 is 1.91 bits per heavy atom. The third-order valence-corrected chi connectivity index (χ3v) is 4.17. The number of rotatable bonds is 5. The van der Waals surface area contributed by atoms with Gasteiger partial charge in [0.05, 0.1) is 11.4 Å². The van der Waals surface area contributed by atoms with Crippen LogP contribution in [-0.2, 0) is 6.54 Å². The lowest BCUT2D eigenvalue weighted by Crippen LogP contribution is -2.32. The molecule has 1 N–H and O–H groups in total. The van der Waals surface area contributed by atoms with Gasteiger partial charge in [0.1, 0.15) is 5.56 Å². The lowest BCUT2D eigenvalue weighted by Gasteiger charge is -2.18. The van der Waals surface area contributed by atoms with E-state index in [1.165, 1.54) is 23.5 Å². The molecule has 2 aromatic rings.